The van der Waals surface area contributed by atoms with E-state index in [1.54, 1.807) is 13.1 Å². The Balaban J connectivity index is 3.14. The lowest BCUT2D eigenvalue weighted by molar-refractivity contribution is -0.137. The molecule has 0 spiro atoms. The molecule has 0 aromatic heterocycles. The van der Waals surface area contributed by atoms with Gasteiger partial charge in [0.05, 0.1) is 11.6 Å². The van der Waals surface area contributed by atoms with Crippen LogP contribution in [-0.2, 0) is 17.5 Å². The SMILES string of the molecule is C=C[C@H](c1cccc(C(F)(F)F)c1)N(C)[S+]([O-])C(C)(C)C. The van der Waals surface area contributed by atoms with Crippen LogP contribution in [0.1, 0.15) is 37.9 Å². The number of rotatable bonds is 4. The molecule has 0 amide bonds. The maximum Gasteiger partial charge on any atom is 0.416 e. The highest BCUT2D eigenvalue weighted by Gasteiger charge is 2.36. The van der Waals surface area contributed by atoms with E-state index in [1.807, 2.05) is 20.8 Å². The highest BCUT2D eigenvalue weighted by molar-refractivity contribution is 7.90. The van der Waals surface area contributed by atoms with Gasteiger partial charge >= 0.3 is 6.18 Å². The maximum absolute atomic E-state index is 12.8. The number of likely N-dealkylation sites (N-methyl/N-ethyl adjacent to an activating group) is 1. The summed E-state index contributed by atoms with van der Waals surface area (Å²) in [4.78, 5) is 0. The van der Waals surface area contributed by atoms with Gasteiger partial charge in [0.15, 0.2) is 0 Å². The molecule has 2 nitrogen and oxygen atoms in total. The van der Waals surface area contributed by atoms with Crippen molar-refractivity contribution < 1.29 is 17.7 Å². The molecule has 0 aliphatic rings. The summed E-state index contributed by atoms with van der Waals surface area (Å²) in [6.45, 7) is 9.09. The molecule has 118 valence electrons. The molecule has 0 saturated heterocycles. The van der Waals surface area contributed by atoms with E-state index in [9.17, 15) is 17.7 Å². The molecule has 1 unspecified atom stereocenters. The van der Waals surface area contributed by atoms with Crippen molar-refractivity contribution >= 4 is 11.4 Å². The topological polar surface area (TPSA) is 26.3 Å². The number of hydrogen-bond acceptors (Lipinski definition) is 2. The normalized spacial score (nSPS) is 15.9. The predicted molar refractivity (Wildman–Crippen MR) is 80.0 cm³/mol. The van der Waals surface area contributed by atoms with Crippen LogP contribution in [0, 0.1) is 0 Å². The van der Waals surface area contributed by atoms with Gasteiger partial charge < -0.3 is 4.55 Å². The molecule has 0 aliphatic carbocycles. The first-order valence-electron chi connectivity index (χ1n) is 6.43. The molecule has 0 bridgehead atoms. The van der Waals surface area contributed by atoms with Crippen molar-refractivity contribution in [3.63, 3.8) is 0 Å². The first-order chi connectivity index (χ1) is 9.48. The molecule has 0 N–H and O–H groups in total. The van der Waals surface area contributed by atoms with Crippen molar-refractivity contribution in [2.24, 2.45) is 0 Å². The van der Waals surface area contributed by atoms with Crippen molar-refractivity contribution in [3.8, 4) is 0 Å². The van der Waals surface area contributed by atoms with Crippen LogP contribution in [0.2, 0.25) is 0 Å². The van der Waals surface area contributed by atoms with E-state index in [2.05, 4.69) is 6.58 Å². The Hall–Kier alpha value is -0.980. The molecule has 0 saturated carbocycles. The van der Waals surface area contributed by atoms with Crippen molar-refractivity contribution in [1.29, 1.82) is 0 Å². The highest BCUT2D eigenvalue weighted by atomic mass is 32.2. The third-order valence-corrected chi connectivity index (χ3v) is 4.75. The Morgan fingerprint density at radius 1 is 1.29 bits per heavy atom. The Kier molecular flexibility index (Phi) is 5.52. The Bertz CT molecular complexity index is 496. The molecule has 0 heterocycles. The summed E-state index contributed by atoms with van der Waals surface area (Å²) in [5.41, 5.74) is -0.304. The van der Waals surface area contributed by atoms with E-state index >= 15 is 0 Å². The molecule has 21 heavy (non-hydrogen) atoms. The van der Waals surface area contributed by atoms with Crippen molar-refractivity contribution in [1.82, 2.24) is 4.31 Å². The molecule has 1 aromatic rings. The zero-order valence-electron chi connectivity index (χ0n) is 12.6. The third-order valence-electron chi connectivity index (χ3n) is 2.96. The fourth-order valence-corrected chi connectivity index (χ4v) is 3.21. The first kappa shape index (κ1) is 18.1. The van der Waals surface area contributed by atoms with E-state index in [4.69, 9.17) is 0 Å². The lowest BCUT2D eigenvalue weighted by atomic mass is 10.0. The van der Waals surface area contributed by atoms with Crippen LogP contribution >= 0.6 is 0 Å². The summed E-state index contributed by atoms with van der Waals surface area (Å²) >= 11 is -1.36. The van der Waals surface area contributed by atoms with Crippen LogP contribution in [-0.4, -0.2) is 20.7 Å². The summed E-state index contributed by atoms with van der Waals surface area (Å²) in [5.74, 6) is 0. The largest absolute Gasteiger partial charge is 0.597 e. The van der Waals surface area contributed by atoms with Gasteiger partial charge in [0, 0.05) is 18.4 Å². The van der Waals surface area contributed by atoms with Gasteiger partial charge in [-0.15, -0.1) is 10.9 Å². The second-order valence-electron chi connectivity index (χ2n) is 5.71. The summed E-state index contributed by atoms with van der Waals surface area (Å²) < 4.78 is 51.8. The van der Waals surface area contributed by atoms with E-state index in [-0.39, 0.29) is 0 Å². The minimum Gasteiger partial charge on any atom is -0.597 e. The van der Waals surface area contributed by atoms with Gasteiger partial charge in [0.25, 0.3) is 0 Å². The fourth-order valence-electron chi connectivity index (χ4n) is 1.93. The van der Waals surface area contributed by atoms with E-state index in [1.165, 1.54) is 16.4 Å². The number of nitrogens with zero attached hydrogens (tertiary/aromatic N) is 1. The molecule has 0 fully saturated rings. The summed E-state index contributed by atoms with van der Waals surface area (Å²) in [6.07, 6.45) is -2.90. The summed E-state index contributed by atoms with van der Waals surface area (Å²) in [5, 5.41) is 0. The molecule has 6 heteroatoms. The van der Waals surface area contributed by atoms with Gasteiger partial charge in [-0.2, -0.15) is 13.2 Å². The van der Waals surface area contributed by atoms with Gasteiger partial charge in [0.1, 0.15) is 4.75 Å². The lowest BCUT2D eigenvalue weighted by Gasteiger charge is -2.34. The summed E-state index contributed by atoms with van der Waals surface area (Å²) in [6, 6.07) is 4.47. The van der Waals surface area contributed by atoms with E-state index < -0.39 is 33.9 Å². The van der Waals surface area contributed by atoms with Gasteiger partial charge in [-0.3, -0.25) is 0 Å². The van der Waals surface area contributed by atoms with E-state index in [0.717, 1.165) is 12.1 Å². The van der Waals surface area contributed by atoms with Gasteiger partial charge in [-0.1, -0.05) is 18.2 Å². The number of benzene rings is 1. The molecular formula is C15H20F3NOS. The van der Waals surface area contributed by atoms with Crippen LogP contribution in [0.25, 0.3) is 0 Å². The van der Waals surface area contributed by atoms with Crippen LogP contribution in [0.4, 0.5) is 13.2 Å². The molecule has 1 rings (SSSR count). The maximum atomic E-state index is 12.8. The molecule has 2 atom stereocenters. The second-order valence-corrected chi connectivity index (χ2v) is 8.01. The van der Waals surface area contributed by atoms with Crippen LogP contribution in [0.5, 0.6) is 0 Å². The zero-order valence-corrected chi connectivity index (χ0v) is 13.4. The zero-order chi connectivity index (χ0) is 16.4. The predicted octanol–water partition coefficient (Wildman–Crippen LogP) is 4.33. The minimum absolute atomic E-state index is 0.417. The van der Waals surface area contributed by atoms with Gasteiger partial charge in [-0.25, -0.2) is 0 Å². The molecular weight excluding hydrogens is 299 g/mol. The van der Waals surface area contributed by atoms with Crippen LogP contribution in [0.3, 0.4) is 0 Å². The lowest BCUT2D eigenvalue weighted by Crippen LogP contribution is -2.42. The van der Waals surface area contributed by atoms with Crippen molar-refractivity contribution in [3.05, 3.63) is 48.0 Å². The smallest absolute Gasteiger partial charge is 0.416 e. The van der Waals surface area contributed by atoms with Crippen molar-refractivity contribution in [2.45, 2.75) is 37.7 Å². The average Bonchev–Trinajstić information content (AvgIpc) is 2.37. The first-order valence-corrected chi connectivity index (χ1v) is 7.53. The highest BCUT2D eigenvalue weighted by Crippen LogP contribution is 2.34. The fraction of sp³-hybridized carbons (Fsp3) is 0.467. The Morgan fingerprint density at radius 2 is 1.86 bits per heavy atom. The third kappa shape index (κ3) is 4.49. The van der Waals surface area contributed by atoms with Crippen LogP contribution < -0.4 is 0 Å². The quantitative estimate of drug-likeness (QED) is 0.610. The number of halogens is 3. The molecule has 1 aromatic carbocycles. The average molecular weight is 319 g/mol. The molecule has 0 radical (unpaired) electrons. The van der Waals surface area contributed by atoms with Gasteiger partial charge in [-0.05, 0) is 38.5 Å². The minimum atomic E-state index is -4.40. The van der Waals surface area contributed by atoms with Gasteiger partial charge in [0.2, 0.25) is 0 Å². The number of alkyl halides is 3. The molecule has 0 aliphatic heterocycles. The monoisotopic (exact) mass is 319 g/mol. The Morgan fingerprint density at radius 3 is 2.29 bits per heavy atom. The Labute approximate surface area is 127 Å². The number of hydrogen-bond donors (Lipinski definition) is 0. The van der Waals surface area contributed by atoms with E-state index in [0.29, 0.717) is 5.56 Å². The van der Waals surface area contributed by atoms with Crippen LogP contribution in [0.15, 0.2) is 36.9 Å². The summed E-state index contributed by atoms with van der Waals surface area (Å²) in [7, 11) is 1.62. The van der Waals surface area contributed by atoms with Crippen molar-refractivity contribution in [2.75, 3.05) is 7.05 Å². The standard InChI is InChI=1S/C15H20F3NOS/c1-6-13(19(5)21(20)14(2,3)4)11-8-7-9-12(10-11)15(16,17)18/h6-10,13H,1H2,2-5H3/t13-,21?/m1/s1. The second kappa shape index (κ2) is 6.42.